The standard InChI is InChI=1S/C27H34N2O5/c1-3-10-19(17-25(30)29(2)16-9-8-15-26(31)32)28-27(33)34-18-24-22-13-6-4-11-20(22)21-12-5-7-14-23(21)24/h4-7,11-14,19,24H,3,8-10,15-18H2,1-2H3,(H,28,33)(H,31,32). The Morgan fingerprint density at radius 2 is 1.65 bits per heavy atom. The van der Waals surface area contributed by atoms with E-state index < -0.39 is 12.1 Å². The van der Waals surface area contributed by atoms with E-state index in [-0.39, 0.29) is 37.3 Å². The van der Waals surface area contributed by atoms with Gasteiger partial charge in [0.1, 0.15) is 6.61 Å². The lowest BCUT2D eigenvalue weighted by molar-refractivity contribution is -0.137. The minimum Gasteiger partial charge on any atom is -0.481 e. The predicted molar refractivity (Wildman–Crippen MR) is 131 cm³/mol. The predicted octanol–water partition coefficient (Wildman–Crippen LogP) is 4.80. The Morgan fingerprint density at radius 1 is 1.03 bits per heavy atom. The zero-order valence-electron chi connectivity index (χ0n) is 20.0. The Hall–Kier alpha value is -3.35. The highest BCUT2D eigenvalue weighted by Gasteiger charge is 2.29. The molecule has 3 rings (SSSR count). The molecule has 2 amide bonds. The van der Waals surface area contributed by atoms with Crippen molar-refractivity contribution >= 4 is 18.0 Å². The molecule has 182 valence electrons. The van der Waals surface area contributed by atoms with Crippen LogP contribution in [0.5, 0.6) is 0 Å². The summed E-state index contributed by atoms with van der Waals surface area (Å²) < 4.78 is 5.63. The fourth-order valence-corrected chi connectivity index (χ4v) is 4.50. The zero-order valence-corrected chi connectivity index (χ0v) is 20.0. The number of fused-ring (bicyclic) bond motifs is 3. The van der Waals surface area contributed by atoms with Gasteiger partial charge in [0.25, 0.3) is 0 Å². The molecule has 0 bridgehead atoms. The second-order valence-electron chi connectivity index (χ2n) is 8.83. The third kappa shape index (κ3) is 6.59. The van der Waals surface area contributed by atoms with Crippen molar-refractivity contribution in [3.05, 3.63) is 59.7 Å². The number of ether oxygens (including phenoxy) is 1. The van der Waals surface area contributed by atoms with Crippen LogP contribution in [0.1, 0.15) is 62.5 Å². The highest BCUT2D eigenvalue weighted by molar-refractivity contribution is 5.79. The normalized spacial score (nSPS) is 13.0. The van der Waals surface area contributed by atoms with E-state index in [1.54, 1.807) is 11.9 Å². The molecule has 0 saturated heterocycles. The van der Waals surface area contributed by atoms with E-state index in [1.807, 2.05) is 31.2 Å². The number of carboxylic acids is 1. The lowest BCUT2D eigenvalue weighted by atomic mass is 9.98. The molecule has 1 unspecified atom stereocenters. The Balaban J connectivity index is 1.52. The molecule has 0 spiro atoms. The molecule has 2 aromatic carbocycles. The maximum atomic E-state index is 12.6. The number of carbonyl (C=O) groups excluding carboxylic acids is 2. The van der Waals surface area contributed by atoms with E-state index in [1.165, 1.54) is 11.1 Å². The average Bonchev–Trinajstić information content (AvgIpc) is 3.14. The van der Waals surface area contributed by atoms with Crippen molar-refractivity contribution in [2.45, 2.75) is 57.4 Å². The summed E-state index contributed by atoms with van der Waals surface area (Å²) in [4.78, 5) is 37.4. The number of hydrogen-bond donors (Lipinski definition) is 2. The molecule has 1 aliphatic carbocycles. The van der Waals surface area contributed by atoms with Gasteiger partial charge in [0.15, 0.2) is 0 Å². The van der Waals surface area contributed by atoms with Crippen molar-refractivity contribution in [1.82, 2.24) is 10.2 Å². The number of nitrogens with one attached hydrogen (secondary N) is 1. The monoisotopic (exact) mass is 466 g/mol. The van der Waals surface area contributed by atoms with Gasteiger partial charge in [0.2, 0.25) is 5.91 Å². The van der Waals surface area contributed by atoms with Gasteiger partial charge in [-0.2, -0.15) is 0 Å². The first kappa shape index (κ1) is 25.3. The van der Waals surface area contributed by atoms with Crippen LogP contribution in [0, 0.1) is 0 Å². The highest BCUT2D eigenvalue weighted by Crippen LogP contribution is 2.44. The van der Waals surface area contributed by atoms with E-state index in [0.29, 0.717) is 25.8 Å². The van der Waals surface area contributed by atoms with Gasteiger partial charge < -0.3 is 20.1 Å². The molecule has 2 N–H and O–H groups in total. The first-order chi connectivity index (χ1) is 16.4. The molecule has 7 nitrogen and oxygen atoms in total. The van der Waals surface area contributed by atoms with Crippen molar-refractivity contribution in [3.63, 3.8) is 0 Å². The third-order valence-electron chi connectivity index (χ3n) is 6.28. The summed E-state index contributed by atoms with van der Waals surface area (Å²) >= 11 is 0. The Bertz CT molecular complexity index is 961. The molecule has 34 heavy (non-hydrogen) atoms. The average molecular weight is 467 g/mol. The largest absolute Gasteiger partial charge is 0.481 e. The lowest BCUT2D eigenvalue weighted by Crippen LogP contribution is -2.40. The van der Waals surface area contributed by atoms with Gasteiger partial charge in [0.05, 0.1) is 0 Å². The Labute approximate surface area is 201 Å². The van der Waals surface area contributed by atoms with Crippen LogP contribution in [0.4, 0.5) is 4.79 Å². The summed E-state index contributed by atoms with van der Waals surface area (Å²) in [6.07, 6.45) is 2.43. The van der Waals surface area contributed by atoms with Gasteiger partial charge in [-0.25, -0.2) is 4.79 Å². The number of rotatable bonds is 12. The zero-order chi connectivity index (χ0) is 24.5. The first-order valence-electron chi connectivity index (χ1n) is 12.0. The molecule has 1 aliphatic rings. The fourth-order valence-electron chi connectivity index (χ4n) is 4.50. The second-order valence-corrected chi connectivity index (χ2v) is 8.83. The van der Waals surface area contributed by atoms with E-state index in [4.69, 9.17) is 9.84 Å². The number of carbonyl (C=O) groups is 3. The van der Waals surface area contributed by atoms with Crippen molar-refractivity contribution < 1.29 is 24.2 Å². The van der Waals surface area contributed by atoms with Gasteiger partial charge in [-0.05, 0) is 41.5 Å². The van der Waals surface area contributed by atoms with Gasteiger partial charge in [-0.3, -0.25) is 9.59 Å². The maximum Gasteiger partial charge on any atom is 0.407 e. The molecule has 0 heterocycles. The number of amides is 2. The van der Waals surface area contributed by atoms with E-state index in [2.05, 4.69) is 29.6 Å². The summed E-state index contributed by atoms with van der Waals surface area (Å²) in [5, 5.41) is 11.6. The molecule has 0 aromatic heterocycles. The Morgan fingerprint density at radius 3 is 2.24 bits per heavy atom. The minimum absolute atomic E-state index is 0.0126. The van der Waals surface area contributed by atoms with Crippen LogP contribution in [0.3, 0.4) is 0 Å². The molecule has 0 fully saturated rings. The van der Waals surface area contributed by atoms with E-state index >= 15 is 0 Å². The minimum atomic E-state index is -0.829. The van der Waals surface area contributed by atoms with Crippen LogP contribution in [0.2, 0.25) is 0 Å². The smallest absolute Gasteiger partial charge is 0.407 e. The van der Waals surface area contributed by atoms with Gasteiger partial charge >= 0.3 is 12.1 Å². The Kier molecular flexibility index (Phi) is 9.08. The molecular weight excluding hydrogens is 432 g/mol. The van der Waals surface area contributed by atoms with Gasteiger partial charge in [0, 0.05) is 38.4 Å². The van der Waals surface area contributed by atoms with Crippen molar-refractivity contribution in [1.29, 1.82) is 0 Å². The summed E-state index contributed by atoms with van der Waals surface area (Å²) in [6.45, 7) is 2.73. The molecule has 1 atom stereocenters. The van der Waals surface area contributed by atoms with E-state index in [9.17, 15) is 14.4 Å². The number of aliphatic carboxylic acids is 1. The van der Waals surface area contributed by atoms with Crippen molar-refractivity contribution in [3.8, 4) is 11.1 Å². The molecule has 2 aromatic rings. The van der Waals surface area contributed by atoms with Crippen molar-refractivity contribution in [2.24, 2.45) is 0 Å². The fraction of sp³-hybridized carbons (Fsp3) is 0.444. The molecule has 0 saturated carbocycles. The van der Waals surface area contributed by atoms with Gasteiger partial charge in [-0.1, -0.05) is 61.9 Å². The quantitative estimate of drug-likeness (QED) is 0.438. The second kappa shape index (κ2) is 12.2. The van der Waals surface area contributed by atoms with Crippen LogP contribution in [-0.4, -0.2) is 54.2 Å². The number of benzene rings is 2. The number of hydrogen-bond acceptors (Lipinski definition) is 4. The first-order valence-corrected chi connectivity index (χ1v) is 12.0. The summed E-state index contributed by atoms with van der Waals surface area (Å²) in [5.41, 5.74) is 4.66. The van der Waals surface area contributed by atoms with Crippen LogP contribution in [-0.2, 0) is 14.3 Å². The number of carboxylic acid groups (broad SMARTS) is 1. The topological polar surface area (TPSA) is 95.9 Å². The molecular formula is C27H34N2O5. The number of alkyl carbamates (subject to hydrolysis) is 1. The third-order valence-corrected chi connectivity index (χ3v) is 6.28. The van der Waals surface area contributed by atoms with Crippen LogP contribution < -0.4 is 5.32 Å². The van der Waals surface area contributed by atoms with Crippen molar-refractivity contribution in [2.75, 3.05) is 20.2 Å². The van der Waals surface area contributed by atoms with Crippen LogP contribution in [0.15, 0.2) is 48.5 Å². The summed E-state index contributed by atoms with van der Waals surface area (Å²) in [7, 11) is 1.71. The lowest BCUT2D eigenvalue weighted by Gasteiger charge is -2.23. The number of nitrogens with zero attached hydrogens (tertiary/aromatic N) is 1. The number of unbranched alkanes of at least 4 members (excludes halogenated alkanes) is 1. The molecule has 7 heteroatoms. The summed E-state index contributed by atoms with van der Waals surface area (Å²) in [6, 6.07) is 16.1. The molecule has 0 radical (unpaired) electrons. The van der Waals surface area contributed by atoms with E-state index in [0.717, 1.165) is 17.5 Å². The van der Waals surface area contributed by atoms with Crippen LogP contribution in [0.25, 0.3) is 11.1 Å². The van der Waals surface area contributed by atoms with Crippen LogP contribution >= 0.6 is 0 Å². The SMILES string of the molecule is CCCC(CC(=O)N(C)CCCCC(=O)O)NC(=O)OCC1c2ccccc2-c2ccccc21. The highest BCUT2D eigenvalue weighted by atomic mass is 16.5. The van der Waals surface area contributed by atoms with Gasteiger partial charge in [-0.15, -0.1) is 0 Å². The summed E-state index contributed by atoms with van der Waals surface area (Å²) in [5.74, 6) is -0.918. The maximum absolute atomic E-state index is 12.6. The molecule has 0 aliphatic heterocycles.